The minimum absolute atomic E-state index is 0.0189. The summed E-state index contributed by atoms with van der Waals surface area (Å²) in [6.07, 6.45) is 0.717. The molecule has 2 aliphatic heterocycles. The van der Waals surface area contributed by atoms with Gasteiger partial charge in [0.25, 0.3) is 11.7 Å². The summed E-state index contributed by atoms with van der Waals surface area (Å²) in [5.74, 6) is -0.844. The van der Waals surface area contributed by atoms with Crippen LogP contribution in [0.3, 0.4) is 0 Å². The molecule has 1 amide bonds. The van der Waals surface area contributed by atoms with Crippen molar-refractivity contribution in [1.82, 2.24) is 0 Å². The SMILES string of the molecule is Cc1cccc(N2C(=O)C(=O)/C(=C(\O)c3ccc4c(c3)CCO4)C2c2ccc(O)cc2)c1C. The van der Waals surface area contributed by atoms with E-state index in [1.54, 1.807) is 36.4 Å². The molecule has 1 fully saturated rings. The lowest BCUT2D eigenvalue weighted by atomic mass is 9.94. The van der Waals surface area contributed by atoms with Gasteiger partial charge in [0.1, 0.15) is 17.3 Å². The number of aryl methyl sites for hydroxylation is 1. The molecule has 0 aromatic heterocycles. The van der Waals surface area contributed by atoms with E-state index in [0.29, 0.717) is 29.8 Å². The maximum absolute atomic E-state index is 13.3. The number of aliphatic hydroxyl groups is 1. The molecule has 2 N–H and O–H groups in total. The number of phenols is 1. The number of nitrogens with zero attached hydrogens (tertiary/aromatic N) is 1. The number of carbonyl (C=O) groups is 2. The Morgan fingerprint density at radius 3 is 2.55 bits per heavy atom. The summed E-state index contributed by atoms with van der Waals surface area (Å²) < 4.78 is 5.55. The number of fused-ring (bicyclic) bond motifs is 1. The van der Waals surface area contributed by atoms with Crippen LogP contribution in [0.1, 0.15) is 33.9 Å². The monoisotopic (exact) mass is 441 g/mol. The molecule has 6 nitrogen and oxygen atoms in total. The number of hydrogen-bond donors (Lipinski definition) is 2. The van der Waals surface area contributed by atoms with Crippen molar-refractivity contribution in [2.75, 3.05) is 11.5 Å². The zero-order valence-electron chi connectivity index (χ0n) is 18.3. The molecule has 166 valence electrons. The van der Waals surface area contributed by atoms with Crippen LogP contribution in [0.25, 0.3) is 5.76 Å². The quantitative estimate of drug-likeness (QED) is 0.353. The number of aromatic hydroxyl groups is 1. The smallest absolute Gasteiger partial charge is 0.300 e. The number of aliphatic hydroxyl groups excluding tert-OH is 1. The largest absolute Gasteiger partial charge is 0.508 e. The first-order valence-electron chi connectivity index (χ1n) is 10.8. The van der Waals surface area contributed by atoms with Gasteiger partial charge in [0.05, 0.1) is 18.2 Å². The Balaban J connectivity index is 1.73. The van der Waals surface area contributed by atoms with Gasteiger partial charge in [0.15, 0.2) is 0 Å². The van der Waals surface area contributed by atoms with E-state index in [4.69, 9.17) is 4.74 Å². The van der Waals surface area contributed by atoms with Gasteiger partial charge in [-0.15, -0.1) is 0 Å². The lowest BCUT2D eigenvalue weighted by Gasteiger charge is -2.27. The van der Waals surface area contributed by atoms with Gasteiger partial charge in [-0.1, -0.05) is 24.3 Å². The Morgan fingerprint density at radius 2 is 1.79 bits per heavy atom. The van der Waals surface area contributed by atoms with Crippen LogP contribution in [0.4, 0.5) is 5.69 Å². The second kappa shape index (κ2) is 7.81. The lowest BCUT2D eigenvalue weighted by molar-refractivity contribution is -0.132. The minimum Gasteiger partial charge on any atom is -0.508 e. The highest BCUT2D eigenvalue weighted by molar-refractivity contribution is 6.51. The maximum atomic E-state index is 13.3. The Bertz CT molecular complexity index is 1320. The highest BCUT2D eigenvalue weighted by Crippen LogP contribution is 2.44. The van der Waals surface area contributed by atoms with Crippen molar-refractivity contribution >= 4 is 23.1 Å². The van der Waals surface area contributed by atoms with Gasteiger partial charge >= 0.3 is 0 Å². The molecule has 2 aliphatic rings. The van der Waals surface area contributed by atoms with Crippen molar-refractivity contribution < 1.29 is 24.5 Å². The first-order valence-corrected chi connectivity index (χ1v) is 10.8. The summed E-state index contributed by atoms with van der Waals surface area (Å²) in [5, 5.41) is 21.1. The third-order valence-electron chi connectivity index (χ3n) is 6.45. The van der Waals surface area contributed by atoms with E-state index in [9.17, 15) is 19.8 Å². The average Bonchev–Trinajstić information content (AvgIpc) is 3.38. The first-order chi connectivity index (χ1) is 15.9. The predicted octanol–water partition coefficient (Wildman–Crippen LogP) is 4.57. The second-order valence-electron chi connectivity index (χ2n) is 8.40. The highest BCUT2D eigenvalue weighted by atomic mass is 16.5. The molecule has 33 heavy (non-hydrogen) atoms. The van der Waals surface area contributed by atoms with Crippen LogP contribution < -0.4 is 9.64 Å². The van der Waals surface area contributed by atoms with E-state index in [1.807, 2.05) is 26.0 Å². The highest BCUT2D eigenvalue weighted by Gasteiger charge is 2.47. The Morgan fingerprint density at radius 1 is 1.03 bits per heavy atom. The maximum Gasteiger partial charge on any atom is 0.300 e. The summed E-state index contributed by atoms with van der Waals surface area (Å²) in [5.41, 5.74) is 4.50. The van der Waals surface area contributed by atoms with Crippen LogP contribution in [0.2, 0.25) is 0 Å². The number of ketones is 1. The minimum atomic E-state index is -0.837. The first kappa shape index (κ1) is 20.8. The molecular weight excluding hydrogens is 418 g/mol. The van der Waals surface area contributed by atoms with Crippen molar-refractivity contribution in [2.45, 2.75) is 26.3 Å². The van der Waals surface area contributed by atoms with E-state index in [0.717, 1.165) is 22.4 Å². The number of benzene rings is 3. The van der Waals surface area contributed by atoms with Gasteiger partial charge in [-0.05, 0) is 72.5 Å². The lowest BCUT2D eigenvalue weighted by Crippen LogP contribution is -2.30. The fraction of sp³-hybridized carbons (Fsp3) is 0.185. The van der Waals surface area contributed by atoms with E-state index in [-0.39, 0.29) is 17.1 Å². The van der Waals surface area contributed by atoms with E-state index < -0.39 is 17.7 Å². The summed E-state index contributed by atoms with van der Waals surface area (Å²) in [6, 6.07) is 16.3. The van der Waals surface area contributed by atoms with Crippen LogP contribution in [0.15, 0.2) is 66.2 Å². The van der Waals surface area contributed by atoms with E-state index >= 15 is 0 Å². The van der Waals surface area contributed by atoms with Gasteiger partial charge in [0, 0.05) is 17.7 Å². The van der Waals surface area contributed by atoms with Gasteiger partial charge in [-0.2, -0.15) is 0 Å². The number of amides is 1. The fourth-order valence-electron chi connectivity index (χ4n) is 4.54. The Labute approximate surface area is 191 Å². The molecule has 2 heterocycles. The zero-order valence-corrected chi connectivity index (χ0v) is 18.3. The Hall–Kier alpha value is -4.06. The molecule has 6 heteroatoms. The zero-order chi connectivity index (χ0) is 23.3. The summed E-state index contributed by atoms with van der Waals surface area (Å²) in [4.78, 5) is 28.1. The van der Waals surface area contributed by atoms with Gasteiger partial charge in [-0.25, -0.2) is 0 Å². The molecule has 0 bridgehead atoms. The number of phenolic OH excluding ortho intramolecular Hbond substituents is 1. The third kappa shape index (κ3) is 3.35. The number of ether oxygens (including phenoxy) is 1. The van der Waals surface area contributed by atoms with E-state index in [1.165, 1.54) is 17.0 Å². The van der Waals surface area contributed by atoms with Crippen LogP contribution in [-0.4, -0.2) is 28.5 Å². The number of rotatable bonds is 3. The van der Waals surface area contributed by atoms with Crippen LogP contribution in [-0.2, 0) is 16.0 Å². The molecule has 0 aliphatic carbocycles. The standard InChI is InChI=1S/C27H23NO5/c1-15-4-3-5-21(16(15)2)28-24(17-6-9-20(29)10-7-17)23(26(31)27(28)32)25(30)19-8-11-22-18(14-19)12-13-33-22/h3-11,14,24,29-30H,12-13H2,1-2H3/b25-23-. The molecule has 3 aromatic carbocycles. The molecule has 1 unspecified atom stereocenters. The third-order valence-corrected chi connectivity index (χ3v) is 6.45. The molecule has 1 atom stereocenters. The predicted molar refractivity (Wildman–Crippen MR) is 124 cm³/mol. The molecule has 0 radical (unpaired) electrons. The van der Waals surface area contributed by atoms with Crippen molar-refractivity contribution in [2.24, 2.45) is 0 Å². The molecule has 1 saturated heterocycles. The van der Waals surface area contributed by atoms with Crippen molar-refractivity contribution in [1.29, 1.82) is 0 Å². The van der Waals surface area contributed by atoms with Crippen LogP contribution in [0.5, 0.6) is 11.5 Å². The molecular formula is C27H23NO5. The van der Waals surface area contributed by atoms with Crippen LogP contribution in [0, 0.1) is 13.8 Å². The van der Waals surface area contributed by atoms with Crippen molar-refractivity contribution in [3.63, 3.8) is 0 Å². The van der Waals surface area contributed by atoms with E-state index in [2.05, 4.69) is 0 Å². The summed E-state index contributed by atoms with van der Waals surface area (Å²) in [7, 11) is 0. The fourth-order valence-corrected chi connectivity index (χ4v) is 4.54. The van der Waals surface area contributed by atoms with Crippen molar-refractivity contribution in [3.8, 4) is 11.5 Å². The normalized spacial score (nSPS) is 19.0. The number of carbonyl (C=O) groups excluding carboxylic acids is 2. The molecule has 0 spiro atoms. The summed E-state index contributed by atoms with van der Waals surface area (Å²) >= 11 is 0. The van der Waals surface area contributed by atoms with Gasteiger partial charge in [-0.3, -0.25) is 14.5 Å². The number of hydrogen-bond acceptors (Lipinski definition) is 5. The topological polar surface area (TPSA) is 87.1 Å². The summed E-state index contributed by atoms with van der Waals surface area (Å²) in [6.45, 7) is 4.42. The Kier molecular flexibility index (Phi) is 4.93. The van der Waals surface area contributed by atoms with Gasteiger partial charge < -0.3 is 14.9 Å². The molecule has 5 rings (SSSR count). The average molecular weight is 441 g/mol. The van der Waals surface area contributed by atoms with Crippen molar-refractivity contribution in [3.05, 3.63) is 94.1 Å². The molecule has 0 saturated carbocycles. The number of anilines is 1. The number of Topliss-reactive ketones (excluding diaryl/α,β-unsaturated/α-hetero) is 1. The second-order valence-corrected chi connectivity index (χ2v) is 8.40. The molecule has 3 aromatic rings. The van der Waals surface area contributed by atoms with Gasteiger partial charge in [0.2, 0.25) is 0 Å². The van der Waals surface area contributed by atoms with Crippen LogP contribution >= 0.6 is 0 Å².